The molecule has 0 saturated heterocycles. The van der Waals surface area contributed by atoms with Gasteiger partial charge in [0.1, 0.15) is 0 Å². The van der Waals surface area contributed by atoms with Crippen molar-refractivity contribution in [1.29, 1.82) is 0 Å². The predicted molar refractivity (Wildman–Crippen MR) is 76.5 cm³/mol. The Balaban J connectivity index is 1.91. The maximum absolute atomic E-state index is 4.99. The first-order chi connectivity index (χ1) is 8.88. The van der Waals surface area contributed by atoms with Crippen molar-refractivity contribution in [3.63, 3.8) is 0 Å². The fourth-order valence-electron chi connectivity index (χ4n) is 1.66. The van der Waals surface area contributed by atoms with Crippen LogP contribution in [0.5, 0.6) is 0 Å². The molecule has 18 heavy (non-hydrogen) atoms. The largest absolute Gasteiger partial charge is 0.383 e. The van der Waals surface area contributed by atoms with Crippen LogP contribution < -0.4 is 10.6 Å². The van der Waals surface area contributed by atoms with E-state index >= 15 is 0 Å². The van der Waals surface area contributed by atoms with E-state index < -0.39 is 0 Å². The monoisotopic (exact) mass is 242 g/mol. The van der Waals surface area contributed by atoms with Crippen molar-refractivity contribution in [2.45, 2.75) is 0 Å². The number of methoxy groups -OCH3 is 1. The zero-order chi connectivity index (χ0) is 12.6. The average Bonchev–Trinajstić information content (AvgIpc) is 2.42. The molecule has 3 nitrogen and oxygen atoms in total. The van der Waals surface area contributed by atoms with Gasteiger partial charge in [-0.05, 0) is 36.4 Å². The van der Waals surface area contributed by atoms with E-state index in [0.717, 1.165) is 23.6 Å². The maximum atomic E-state index is 4.99. The molecule has 2 N–H and O–H groups in total. The smallest absolute Gasteiger partial charge is 0.0635 e. The molecule has 0 aliphatic rings. The number of rotatable bonds is 6. The van der Waals surface area contributed by atoms with E-state index in [4.69, 9.17) is 4.74 Å². The highest BCUT2D eigenvalue weighted by molar-refractivity contribution is 5.62. The molecule has 0 spiro atoms. The van der Waals surface area contributed by atoms with E-state index in [1.807, 2.05) is 30.3 Å². The Morgan fingerprint density at radius 2 is 1.44 bits per heavy atom. The molecule has 0 unspecified atom stereocenters. The lowest BCUT2D eigenvalue weighted by molar-refractivity contribution is 0.211. The highest BCUT2D eigenvalue weighted by Crippen LogP contribution is 2.18. The predicted octanol–water partition coefficient (Wildman–Crippen LogP) is 3.49. The van der Waals surface area contributed by atoms with Crippen molar-refractivity contribution >= 4 is 17.1 Å². The molecule has 0 bridgehead atoms. The first kappa shape index (κ1) is 12.5. The second-order valence-electron chi connectivity index (χ2n) is 3.99. The van der Waals surface area contributed by atoms with Crippen LogP contribution in [0.15, 0.2) is 54.6 Å². The van der Waals surface area contributed by atoms with Gasteiger partial charge >= 0.3 is 0 Å². The Labute approximate surface area is 108 Å². The standard InChI is InChI=1S/C15H18N2O/c1-18-12-11-16-13-7-9-15(10-8-13)17-14-5-3-2-4-6-14/h2-10,16-17H,11-12H2,1H3. The first-order valence-corrected chi connectivity index (χ1v) is 6.03. The van der Waals surface area contributed by atoms with Crippen LogP contribution in [0.2, 0.25) is 0 Å². The Morgan fingerprint density at radius 1 is 0.833 bits per heavy atom. The van der Waals surface area contributed by atoms with Gasteiger partial charge in [0.15, 0.2) is 0 Å². The van der Waals surface area contributed by atoms with Crippen LogP contribution in [-0.4, -0.2) is 20.3 Å². The van der Waals surface area contributed by atoms with Crippen LogP contribution in [0, 0.1) is 0 Å². The topological polar surface area (TPSA) is 33.3 Å². The summed E-state index contributed by atoms with van der Waals surface area (Å²) >= 11 is 0. The lowest BCUT2D eigenvalue weighted by Crippen LogP contribution is -2.07. The van der Waals surface area contributed by atoms with Crippen molar-refractivity contribution in [3.8, 4) is 0 Å². The number of hydrogen-bond acceptors (Lipinski definition) is 3. The zero-order valence-corrected chi connectivity index (χ0v) is 10.5. The van der Waals surface area contributed by atoms with Crippen LogP contribution in [0.4, 0.5) is 17.1 Å². The molecule has 2 aromatic rings. The fraction of sp³-hybridized carbons (Fsp3) is 0.200. The SMILES string of the molecule is COCCNc1ccc(Nc2ccccc2)cc1. The van der Waals surface area contributed by atoms with Gasteiger partial charge in [-0.2, -0.15) is 0 Å². The van der Waals surface area contributed by atoms with Crippen LogP contribution in [0.1, 0.15) is 0 Å². The molecule has 0 aliphatic heterocycles. The third-order valence-electron chi connectivity index (χ3n) is 2.58. The number of benzene rings is 2. The van der Waals surface area contributed by atoms with Gasteiger partial charge in [0.05, 0.1) is 6.61 Å². The maximum Gasteiger partial charge on any atom is 0.0635 e. The van der Waals surface area contributed by atoms with E-state index in [9.17, 15) is 0 Å². The third kappa shape index (κ3) is 3.79. The molecule has 0 amide bonds. The molecule has 0 fully saturated rings. The number of anilines is 3. The molecule has 0 heterocycles. The van der Waals surface area contributed by atoms with Gasteiger partial charge in [0.25, 0.3) is 0 Å². The van der Waals surface area contributed by atoms with Gasteiger partial charge in [-0.25, -0.2) is 0 Å². The fourth-order valence-corrected chi connectivity index (χ4v) is 1.66. The van der Waals surface area contributed by atoms with Crippen LogP contribution in [-0.2, 0) is 4.74 Å². The minimum absolute atomic E-state index is 0.712. The van der Waals surface area contributed by atoms with Crippen molar-refractivity contribution in [2.75, 3.05) is 30.9 Å². The molecule has 3 heteroatoms. The minimum Gasteiger partial charge on any atom is -0.383 e. The van der Waals surface area contributed by atoms with E-state index in [0.29, 0.717) is 6.61 Å². The summed E-state index contributed by atoms with van der Waals surface area (Å²) in [7, 11) is 1.70. The Bertz CT molecular complexity index is 454. The molecule has 2 rings (SSSR count). The summed E-state index contributed by atoms with van der Waals surface area (Å²) in [6.07, 6.45) is 0. The van der Waals surface area contributed by atoms with Gasteiger partial charge in [-0.3, -0.25) is 0 Å². The third-order valence-corrected chi connectivity index (χ3v) is 2.58. The second kappa shape index (κ2) is 6.67. The normalized spacial score (nSPS) is 10.1. The molecular formula is C15H18N2O. The van der Waals surface area contributed by atoms with Gasteiger partial charge in [0.2, 0.25) is 0 Å². The van der Waals surface area contributed by atoms with Crippen molar-refractivity contribution in [2.24, 2.45) is 0 Å². The molecular weight excluding hydrogens is 224 g/mol. The molecule has 0 saturated carbocycles. The van der Waals surface area contributed by atoms with Gasteiger partial charge < -0.3 is 15.4 Å². The lowest BCUT2D eigenvalue weighted by atomic mass is 10.2. The highest BCUT2D eigenvalue weighted by Gasteiger charge is 1.95. The van der Waals surface area contributed by atoms with Gasteiger partial charge in [0, 0.05) is 30.7 Å². The van der Waals surface area contributed by atoms with Crippen molar-refractivity contribution in [3.05, 3.63) is 54.6 Å². The van der Waals surface area contributed by atoms with E-state index in [-0.39, 0.29) is 0 Å². The summed E-state index contributed by atoms with van der Waals surface area (Å²) in [5.41, 5.74) is 3.28. The summed E-state index contributed by atoms with van der Waals surface area (Å²) in [5, 5.41) is 6.63. The van der Waals surface area contributed by atoms with Crippen LogP contribution in [0.25, 0.3) is 0 Å². The van der Waals surface area contributed by atoms with Crippen LogP contribution in [0.3, 0.4) is 0 Å². The molecule has 94 valence electrons. The molecule has 0 radical (unpaired) electrons. The molecule has 2 aromatic carbocycles. The number of ether oxygens (including phenoxy) is 1. The Morgan fingerprint density at radius 3 is 2.11 bits per heavy atom. The van der Waals surface area contributed by atoms with Crippen molar-refractivity contribution < 1.29 is 4.74 Å². The average molecular weight is 242 g/mol. The van der Waals surface area contributed by atoms with Crippen LogP contribution >= 0.6 is 0 Å². The highest BCUT2D eigenvalue weighted by atomic mass is 16.5. The Hall–Kier alpha value is -2.00. The molecule has 0 aromatic heterocycles. The summed E-state index contributed by atoms with van der Waals surface area (Å²) in [6, 6.07) is 18.4. The van der Waals surface area contributed by atoms with Gasteiger partial charge in [-0.15, -0.1) is 0 Å². The second-order valence-corrected chi connectivity index (χ2v) is 3.99. The van der Waals surface area contributed by atoms with Crippen molar-refractivity contribution in [1.82, 2.24) is 0 Å². The number of para-hydroxylation sites is 1. The molecule has 0 atom stereocenters. The first-order valence-electron chi connectivity index (χ1n) is 6.03. The van der Waals surface area contributed by atoms with Gasteiger partial charge in [-0.1, -0.05) is 18.2 Å². The van der Waals surface area contributed by atoms with E-state index in [2.05, 4.69) is 34.9 Å². The number of nitrogens with one attached hydrogen (secondary N) is 2. The summed E-state index contributed by atoms with van der Waals surface area (Å²) in [6.45, 7) is 1.53. The quantitative estimate of drug-likeness (QED) is 0.761. The van der Waals surface area contributed by atoms with E-state index in [1.165, 1.54) is 0 Å². The molecule has 0 aliphatic carbocycles. The Kier molecular flexibility index (Phi) is 4.61. The summed E-state index contributed by atoms with van der Waals surface area (Å²) in [5.74, 6) is 0. The summed E-state index contributed by atoms with van der Waals surface area (Å²) < 4.78 is 4.99. The van der Waals surface area contributed by atoms with E-state index in [1.54, 1.807) is 7.11 Å². The number of hydrogen-bond donors (Lipinski definition) is 2. The minimum atomic E-state index is 0.712. The summed E-state index contributed by atoms with van der Waals surface area (Å²) in [4.78, 5) is 0. The lowest BCUT2D eigenvalue weighted by Gasteiger charge is -2.09. The zero-order valence-electron chi connectivity index (χ0n) is 10.5.